The van der Waals surface area contributed by atoms with E-state index in [1.807, 2.05) is 32.9 Å². The van der Waals surface area contributed by atoms with E-state index >= 15 is 0 Å². The van der Waals surface area contributed by atoms with E-state index in [1.165, 1.54) is 5.56 Å². The van der Waals surface area contributed by atoms with Crippen LogP contribution in [0, 0.1) is 0 Å². The van der Waals surface area contributed by atoms with Crippen LogP contribution in [0.15, 0.2) is 12.1 Å². The molecule has 1 aromatic rings. The van der Waals surface area contributed by atoms with Crippen LogP contribution in [-0.2, 0) is 17.4 Å². The molecule has 2 rings (SSSR count). The van der Waals surface area contributed by atoms with Crippen LogP contribution in [0.1, 0.15) is 50.9 Å². The molecule has 0 saturated heterocycles. The summed E-state index contributed by atoms with van der Waals surface area (Å²) in [5, 5.41) is 0.504. The zero-order valence-corrected chi connectivity index (χ0v) is 12.6. The van der Waals surface area contributed by atoms with Crippen LogP contribution in [0.2, 0.25) is 5.15 Å². The van der Waals surface area contributed by atoms with E-state index in [0.717, 1.165) is 25.0 Å². The lowest BCUT2D eigenvalue weighted by Gasteiger charge is -2.28. The monoisotopic (exact) mass is 286 g/mol. The minimum Gasteiger partial charge on any atom is -0.242 e. The van der Waals surface area contributed by atoms with Gasteiger partial charge in [-0.15, -0.1) is 0 Å². The standard InChI is InChI=1S/C13H19ClN2OS/c1-13(2,3)18(17)16-10-6-4-5-9-7-8-11(14)15-12(9)10/h7-8,10,16H,4-6H2,1-3H3/t10-,18-/m1/s1. The van der Waals surface area contributed by atoms with Crippen molar-refractivity contribution in [3.8, 4) is 0 Å². The maximum absolute atomic E-state index is 12.2. The zero-order chi connectivity index (χ0) is 13.3. The van der Waals surface area contributed by atoms with Crippen LogP contribution < -0.4 is 4.72 Å². The first-order valence-corrected chi connectivity index (χ1v) is 7.74. The van der Waals surface area contributed by atoms with Crippen LogP contribution in [-0.4, -0.2) is 13.9 Å². The van der Waals surface area contributed by atoms with E-state index < -0.39 is 11.0 Å². The lowest BCUT2D eigenvalue weighted by molar-refractivity contribution is 0.510. The highest BCUT2D eigenvalue weighted by Gasteiger charge is 2.27. The number of halogens is 1. The SMILES string of the molecule is CC(C)(C)[S@@](=O)N[C@@H]1CCCc2ccc(Cl)nc21. The first kappa shape index (κ1) is 14.0. The van der Waals surface area contributed by atoms with Crippen molar-refractivity contribution in [3.05, 3.63) is 28.5 Å². The molecule has 0 aliphatic heterocycles. The van der Waals surface area contributed by atoms with Gasteiger partial charge in [-0.3, -0.25) is 0 Å². The van der Waals surface area contributed by atoms with E-state index in [2.05, 4.69) is 9.71 Å². The minimum atomic E-state index is -1.08. The number of fused-ring (bicyclic) bond motifs is 1. The van der Waals surface area contributed by atoms with E-state index in [4.69, 9.17) is 11.6 Å². The van der Waals surface area contributed by atoms with Gasteiger partial charge in [0.15, 0.2) is 0 Å². The van der Waals surface area contributed by atoms with E-state index in [-0.39, 0.29) is 10.8 Å². The van der Waals surface area contributed by atoms with Crippen LogP contribution in [0.4, 0.5) is 0 Å². The molecule has 3 nitrogen and oxygen atoms in total. The Morgan fingerprint density at radius 1 is 1.44 bits per heavy atom. The lowest BCUT2D eigenvalue weighted by Crippen LogP contribution is -2.37. The number of rotatable bonds is 2. The number of hydrogen-bond acceptors (Lipinski definition) is 2. The van der Waals surface area contributed by atoms with Gasteiger partial charge in [-0.25, -0.2) is 13.9 Å². The summed E-state index contributed by atoms with van der Waals surface area (Å²) in [5.41, 5.74) is 2.18. The van der Waals surface area contributed by atoms with Gasteiger partial charge in [-0.1, -0.05) is 17.7 Å². The topological polar surface area (TPSA) is 42.0 Å². The average Bonchev–Trinajstić information content (AvgIpc) is 2.28. The molecule has 0 amide bonds. The summed E-state index contributed by atoms with van der Waals surface area (Å²) in [6.07, 6.45) is 3.08. The number of aryl methyl sites for hydroxylation is 1. The molecule has 1 aliphatic carbocycles. The second-order valence-electron chi connectivity index (χ2n) is 5.62. The average molecular weight is 287 g/mol. The van der Waals surface area contributed by atoms with Crippen LogP contribution in [0.3, 0.4) is 0 Å². The molecule has 1 aromatic heterocycles. The molecule has 1 N–H and O–H groups in total. The predicted octanol–water partition coefficient (Wildman–Crippen LogP) is 3.16. The Morgan fingerprint density at radius 2 is 2.17 bits per heavy atom. The van der Waals surface area contributed by atoms with Crippen molar-refractivity contribution in [1.29, 1.82) is 0 Å². The van der Waals surface area contributed by atoms with E-state index in [1.54, 1.807) is 0 Å². The highest BCUT2D eigenvalue weighted by Crippen LogP contribution is 2.30. The second-order valence-corrected chi connectivity index (χ2v) is 8.01. The maximum atomic E-state index is 12.2. The van der Waals surface area contributed by atoms with Gasteiger partial charge in [0.05, 0.1) is 27.5 Å². The number of aromatic nitrogens is 1. The van der Waals surface area contributed by atoms with Crippen molar-refractivity contribution in [2.24, 2.45) is 0 Å². The predicted molar refractivity (Wildman–Crippen MR) is 76.0 cm³/mol. The normalized spacial score (nSPS) is 21.4. The zero-order valence-electron chi connectivity index (χ0n) is 11.0. The molecule has 1 heterocycles. The van der Waals surface area contributed by atoms with Crippen molar-refractivity contribution in [2.45, 2.75) is 50.8 Å². The lowest BCUT2D eigenvalue weighted by atomic mass is 9.93. The third kappa shape index (κ3) is 3.11. The molecular formula is C13H19ClN2OS. The summed E-state index contributed by atoms with van der Waals surface area (Å²) < 4.78 is 15.1. The number of hydrogen-bond donors (Lipinski definition) is 1. The van der Waals surface area contributed by atoms with Crippen LogP contribution in [0.25, 0.3) is 0 Å². The Morgan fingerprint density at radius 3 is 2.83 bits per heavy atom. The fourth-order valence-electron chi connectivity index (χ4n) is 2.05. The Hall–Kier alpha value is -0.450. The van der Waals surface area contributed by atoms with Gasteiger partial charge in [0.2, 0.25) is 0 Å². The first-order valence-electron chi connectivity index (χ1n) is 6.21. The highest BCUT2D eigenvalue weighted by molar-refractivity contribution is 7.84. The molecule has 0 saturated carbocycles. The smallest absolute Gasteiger partial charge is 0.129 e. The summed E-state index contributed by atoms with van der Waals surface area (Å²) in [4.78, 5) is 4.40. The maximum Gasteiger partial charge on any atom is 0.129 e. The van der Waals surface area contributed by atoms with E-state index in [0.29, 0.717) is 5.15 Å². The molecule has 0 radical (unpaired) electrons. The Labute approximate surface area is 116 Å². The number of nitrogens with zero attached hydrogens (tertiary/aromatic N) is 1. The summed E-state index contributed by atoms with van der Waals surface area (Å²) >= 11 is 5.95. The molecule has 0 bridgehead atoms. The van der Waals surface area contributed by atoms with Crippen LogP contribution >= 0.6 is 11.6 Å². The largest absolute Gasteiger partial charge is 0.242 e. The summed E-state index contributed by atoms with van der Waals surface area (Å²) in [7, 11) is -1.08. The van der Waals surface area contributed by atoms with Gasteiger partial charge < -0.3 is 0 Å². The highest BCUT2D eigenvalue weighted by atomic mass is 35.5. The second kappa shape index (κ2) is 5.27. The number of nitrogens with one attached hydrogen (secondary N) is 1. The van der Waals surface area contributed by atoms with Crippen molar-refractivity contribution in [1.82, 2.24) is 9.71 Å². The molecule has 1 aliphatic rings. The van der Waals surface area contributed by atoms with E-state index in [9.17, 15) is 4.21 Å². The van der Waals surface area contributed by atoms with Crippen molar-refractivity contribution in [3.63, 3.8) is 0 Å². The molecule has 18 heavy (non-hydrogen) atoms. The van der Waals surface area contributed by atoms with Gasteiger partial charge in [0.25, 0.3) is 0 Å². The van der Waals surface area contributed by atoms with Crippen molar-refractivity contribution >= 4 is 22.6 Å². The fourth-order valence-corrected chi connectivity index (χ4v) is 3.04. The third-order valence-electron chi connectivity index (χ3n) is 3.05. The molecular weight excluding hydrogens is 268 g/mol. The first-order chi connectivity index (χ1) is 8.38. The summed E-state index contributed by atoms with van der Waals surface area (Å²) in [5.74, 6) is 0. The third-order valence-corrected chi connectivity index (χ3v) is 4.87. The summed E-state index contributed by atoms with van der Waals surface area (Å²) in [6.45, 7) is 5.89. The Kier molecular flexibility index (Phi) is 4.09. The molecule has 0 aromatic carbocycles. The van der Waals surface area contributed by atoms with Gasteiger partial charge in [-0.05, 0) is 51.7 Å². The van der Waals surface area contributed by atoms with Gasteiger partial charge >= 0.3 is 0 Å². The molecule has 0 fully saturated rings. The Balaban J connectivity index is 2.22. The molecule has 5 heteroatoms. The van der Waals surface area contributed by atoms with Gasteiger partial charge in [-0.2, -0.15) is 0 Å². The van der Waals surface area contributed by atoms with Gasteiger partial charge in [0.1, 0.15) is 5.15 Å². The van der Waals surface area contributed by atoms with Crippen molar-refractivity contribution < 1.29 is 4.21 Å². The molecule has 100 valence electrons. The van der Waals surface area contributed by atoms with Crippen LogP contribution in [0.5, 0.6) is 0 Å². The molecule has 2 atom stereocenters. The van der Waals surface area contributed by atoms with Crippen molar-refractivity contribution in [2.75, 3.05) is 0 Å². The minimum absolute atomic E-state index is 0.0486. The molecule has 0 spiro atoms. The van der Waals surface area contributed by atoms with Gasteiger partial charge in [0, 0.05) is 0 Å². The Bertz CT molecular complexity index is 471. The summed E-state index contributed by atoms with van der Waals surface area (Å²) in [6, 6.07) is 3.90. The quantitative estimate of drug-likeness (QED) is 0.849. The number of pyridine rings is 1. The fraction of sp³-hybridized carbons (Fsp3) is 0.615. The molecule has 0 unspecified atom stereocenters.